The normalized spacial score (nSPS) is 22.6. The van der Waals surface area contributed by atoms with Crippen molar-refractivity contribution in [1.82, 2.24) is 4.90 Å². The molecule has 0 N–H and O–H groups in total. The Morgan fingerprint density at radius 3 is 2.58 bits per heavy atom. The van der Waals surface area contributed by atoms with Gasteiger partial charge in [0.2, 0.25) is 5.91 Å². The van der Waals surface area contributed by atoms with Crippen LogP contribution in [0, 0.1) is 5.92 Å². The van der Waals surface area contributed by atoms with E-state index < -0.39 is 11.7 Å². The molecule has 0 aliphatic carbocycles. The predicted molar refractivity (Wildman–Crippen MR) is 80.6 cm³/mol. The number of ether oxygens (including phenoxy) is 2. The van der Waals surface area contributed by atoms with Crippen molar-refractivity contribution < 1.29 is 27.4 Å². The molecule has 1 aromatic carbocycles. The number of rotatable bonds is 3. The van der Waals surface area contributed by atoms with Crippen molar-refractivity contribution in [3.05, 3.63) is 29.8 Å². The summed E-state index contributed by atoms with van der Waals surface area (Å²) in [5.41, 5.74) is -0.714. The molecule has 2 fully saturated rings. The summed E-state index contributed by atoms with van der Waals surface area (Å²) in [6.07, 6.45) is -2.54. The number of amides is 1. The van der Waals surface area contributed by atoms with Crippen LogP contribution in [0.25, 0.3) is 0 Å². The topological polar surface area (TPSA) is 38.8 Å². The van der Waals surface area contributed by atoms with Gasteiger partial charge in [-0.2, -0.15) is 13.2 Å². The number of carbonyl (C=O) groups is 1. The zero-order valence-corrected chi connectivity index (χ0v) is 13.2. The van der Waals surface area contributed by atoms with Crippen molar-refractivity contribution in [1.29, 1.82) is 0 Å². The lowest BCUT2D eigenvalue weighted by Crippen LogP contribution is -2.44. The molecule has 132 valence electrons. The third-order valence-corrected chi connectivity index (χ3v) is 4.50. The van der Waals surface area contributed by atoms with Crippen molar-refractivity contribution in [3.8, 4) is 5.75 Å². The lowest BCUT2D eigenvalue weighted by molar-refractivity contribution is -0.138. The van der Waals surface area contributed by atoms with Gasteiger partial charge in [0.1, 0.15) is 11.9 Å². The van der Waals surface area contributed by atoms with Crippen molar-refractivity contribution in [2.75, 3.05) is 26.3 Å². The number of likely N-dealkylation sites (tertiary alicyclic amines) is 1. The van der Waals surface area contributed by atoms with E-state index >= 15 is 0 Å². The van der Waals surface area contributed by atoms with Gasteiger partial charge >= 0.3 is 6.18 Å². The maximum atomic E-state index is 12.7. The van der Waals surface area contributed by atoms with Crippen LogP contribution in [0.3, 0.4) is 0 Å². The standard InChI is InChI=1S/C17H20F3NO3/c18-17(19,20)13-2-1-3-15(10-13)24-14-4-7-21(8-5-14)16(22)12-6-9-23-11-12/h1-3,10,12,14H,4-9,11H2/t12-/m1/s1. The molecular weight excluding hydrogens is 323 g/mol. The minimum atomic E-state index is -4.38. The zero-order chi connectivity index (χ0) is 17.2. The molecular formula is C17H20F3NO3. The number of hydrogen-bond acceptors (Lipinski definition) is 3. The molecule has 0 unspecified atom stereocenters. The van der Waals surface area contributed by atoms with Crippen LogP contribution in [-0.4, -0.2) is 43.2 Å². The Hall–Kier alpha value is -1.76. The van der Waals surface area contributed by atoms with Crippen molar-refractivity contribution in [2.24, 2.45) is 5.92 Å². The molecule has 0 radical (unpaired) electrons. The number of benzene rings is 1. The largest absolute Gasteiger partial charge is 0.490 e. The van der Waals surface area contributed by atoms with Crippen LogP contribution in [0.1, 0.15) is 24.8 Å². The molecule has 2 aliphatic heterocycles. The fourth-order valence-corrected chi connectivity index (χ4v) is 3.12. The molecule has 2 saturated heterocycles. The maximum Gasteiger partial charge on any atom is 0.416 e. The van der Waals surface area contributed by atoms with E-state index in [9.17, 15) is 18.0 Å². The van der Waals surface area contributed by atoms with Crippen LogP contribution in [0.15, 0.2) is 24.3 Å². The van der Waals surface area contributed by atoms with Crippen LogP contribution >= 0.6 is 0 Å². The van der Waals surface area contributed by atoms with Crippen LogP contribution in [0.2, 0.25) is 0 Å². The molecule has 1 aromatic rings. The van der Waals surface area contributed by atoms with Crippen LogP contribution in [0.5, 0.6) is 5.75 Å². The Morgan fingerprint density at radius 1 is 1.21 bits per heavy atom. The van der Waals surface area contributed by atoms with Gasteiger partial charge in [0.25, 0.3) is 0 Å². The second kappa shape index (κ2) is 7.01. The summed E-state index contributed by atoms with van der Waals surface area (Å²) in [5.74, 6) is 0.287. The van der Waals surface area contributed by atoms with Gasteiger partial charge in [0, 0.05) is 32.5 Å². The average molecular weight is 343 g/mol. The molecule has 4 nitrogen and oxygen atoms in total. The molecule has 0 aromatic heterocycles. The Bertz CT molecular complexity index is 577. The van der Waals surface area contributed by atoms with E-state index in [4.69, 9.17) is 9.47 Å². The average Bonchev–Trinajstić information content (AvgIpc) is 3.09. The first-order valence-corrected chi connectivity index (χ1v) is 8.14. The summed E-state index contributed by atoms with van der Waals surface area (Å²) in [6, 6.07) is 4.92. The second-order valence-corrected chi connectivity index (χ2v) is 6.23. The summed E-state index contributed by atoms with van der Waals surface area (Å²) in [7, 11) is 0. The lowest BCUT2D eigenvalue weighted by Gasteiger charge is -2.33. The Balaban J connectivity index is 1.53. The fourth-order valence-electron chi connectivity index (χ4n) is 3.12. The third-order valence-electron chi connectivity index (χ3n) is 4.50. The van der Waals surface area contributed by atoms with E-state index in [2.05, 4.69) is 0 Å². The number of alkyl halides is 3. The molecule has 2 aliphatic rings. The van der Waals surface area contributed by atoms with Crippen molar-refractivity contribution in [3.63, 3.8) is 0 Å². The van der Waals surface area contributed by atoms with E-state index in [0.717, 1.165) is 18.6 Å². The van der Waals surface area contributed by atoms with Gasteiger partial charge < -0.3 is 14.4 Å². The minimum absolute atomic E-state index is 0.0501. The monoisotopic (exact) mass is 343 g/mol. The summed E-state index contributed by atoms with van der Waals surface area (Å²) < 4.78 is 49.1. The predicted octanol–water partition coefficient (Wildman–Crippen LogP) is 3.11. The van der Waals surface area contributed by atoms with Crippen molar-refractivity contribution in [2.45, 2.75) is 31.5 Å². The van der Waals surface area contributed by atoms with Gasteiger partial charge in [-0.25, -0.2) is 0 Å². The molecule has 0 bridgehead atoms. The quantitative estimate of drug-likeness (QED) is 0.846. The Kier molecular flexibility index (Phi) is 4.99. The van der Waals surface area contributed by atoms with E-state index in [1.54, 1.807) is 0 Å². The van der Waals surface area contributed by atoms with E-state index in [0.29, 0.717) is 39.1 Å². The maximum absolute atomic E-state index is 12.7. The van der Waals surface area contributed by atoms with Crippen LogP contribution in [0.4, 0.5) is 13.2 Å². The first-order chi connectivity index (χ1) is 11.4. The fraction of sp³-hybridized carbons (Fsp3) is 0.588. The SMILES string of the molecule is O=C([C@@H]1CCOC1)N1CCC(Oc2cccc(C(F)(F)F)c2)CC1. The molecule has 3 rings (SSSR count). The molecule has 1 amide bonds. The first-order valence-electron chi connectivity index (χ1n) is 8.14. The lowest BCUT2D eigenvalue weighted by atomic mass is 10.0. The number of carbonyl (C=O) groups excluding carboxylic acids is 1. The number of hydrogen-bond donors (Lipinski definition) is 0. The summed E-state index contributed by atoms with van der Waals surface area (Å²) in [4.78, 5) is 14.1. The van der Waals surface area contributed by atoms with E-state index in [1.165, 1.54) is 12.1 Å². The Labute approximate surface area is 138 Å². The second-order valence-electron chi connectivity index (χ2n) is 6.23. The van der Waals surface area contributed by atoms with Crippen LogP contribution < -0.4 is 4.74 Å². The molecule has 0 spiro atoms. The van der Waals surface area contributed by atoms with Crippen LogP contribution in [-0.2, 0) is 15.7 Å². The van der Waals surface area contributed by atoms with Gasteiger partial charge in [-0.05, 0) is 24.6 Å². The molecule has 1 atom stereocenters. The van der Waals surface area contributed by atoms with E-state index in [-0.39, 0.29) is 23.7 Å². The van der Waals surface area contributed by atoms with Gasteiger partial charge in [-0.15, -0.1) is 0 Å². The van der Waals surface area contributed by atoms with Gasteiger partial charge in [-0.3, -0.25) is 4.79 Å². The summed E-state index contributed by atoms with van der Waals surface area (Å²) in [6.45, 7) is 2.25. The van der Waals surface area contributed by atoms with Gasteiger partial charge in [-0.1, -0.05) is 6.07 Å². The zero-order valence-electron chi connectivity index (χ0n) is 13.2. The van der Waals surface area contributed by atoms with E-state index in [1.807, 2.05) is 4.90 Å². The smallest absolute Gasteiger partial charge is 0.416 e. The molecule has 2 heterocycles. The number of piperidine rings is 1. The minimum Gasteiger partial charge on any atom is -0.490 e. The number of nitrogens with zero attached hydrogens (tertiary/aromatic N) is 1. The highest BCUT2D eigenvalue weighted by molar-refractivity contribution is 5.79. The van der Waals surface area contributed by atoms with Gasteiger partial charge in [0.15, 0.2) is 0 Å². The van der Waals surface area contributed by atoms with Crippen molar-refractivity contribution >= 4 is 5.91 Å². The summed E-state index contributed by atoms with van der Waals surface area (Å²) >= 11 is 0. The highest BCUT2D eigenvalue weighted by Gasteiger charge is 2.32. The Morgan fingerprint density at radius 2 is 1.96 bits per heavy atom. The first kappa shape index (κ1) is 17.1. The third kappa shape index (κ3) is 4.01. The highest BCUT2D eigenvalue weighted by Crippen LogP contribution is 2.32. The van der Waals surface area contributed by atoms with Gasteiger partial charge in [0.05, 0.1) is 18.1 Å². The molecule has 24 heavy (non-hydrogen) atoms. The molecule has 0 saturated carbocycles. The number of halogens is 3. The summed E-state index contributed by atoms with van der Waals surface area (Å²) in [5, 5.41) is 0. The highest BCUT2D eigenvalue weighted by atomic mass is 19.4. The molecule has 7 heteroatoms.